The fraction of sp³-hybridized carbons (Fsp3) is 0.350. The summed E-state index contributed by atoms with van der Waals surface area (Å²) in [4.78, 5) is 12.2. The molecule has 0 radical (unpaired) electrons. The molecule has 2 aromatic rings. The molecule has 0 spiro atoms. The number of aryl methyl sites for hydroxylation is 1. The molecule has 2 rings (SSSR count). The van der Waals surface area contributed by atoms with Gasteiger partial charge in [-0.05, 0) is 50.1 Å². The molecule has 0 unspecified atom stereocenters. The van der Waals surface area contributed by atoms with Crippen molar-refractivity contribution in [1.29, 1.82) is 0 Å². The van der Waals surface area contributed by atoms with Gasteiger partial charge in [0.15, 0.2) is 0 Å². The predicted molar refractivity (Wildman–Crippen MR) is 111 cm³/mol. The second kappa shape index (κ2) is 9.98. The van der Waals surface area contributed by atoms with E-state index in [9.17, 15) is 13.2 Å². The van der Waals surface area contributed by atoms with Gasteiger partial charge in [0, 0.05) is 18.2 Å². The minimum atomic E-state index is -3.41. The van der Waals surface area contributed by atoms with Crippen molar-refractivity contribution >= 4 is 27.3 Å². The Morgan fingerprint density at radius 3 is 2.39 bits per heavy atom. The van der Waals surface area contributed by atoms with E-state index in [0.29, 0.717) is 36.6 Å². The van der Waals surface area contributed by atoms with Gasteiger partial charge in [-0.15, -0.1) is 0 Å². The monoisotopic (exact) mass is 406 g/mol. The van der Waals surface area contributed by atoms with E-state index in [-0.39, 0.29) is 11.7 Å². The second-order valence-corrected chi connectivity index (χ2v) is 8.06. The summed E-state index contributed by atoms with van der Waals surface area (Å²) in [5, 5.41) is 2.80. The van der Waals surface area contributed by atoms with Gasteiger partial charge in [-0.1, -0.05) is 12.1 Å². The molecule has 2 aromatic carbocycles. The van der Waals surface area contributed by atoms with Crippen LogP contribution >= 0.6 is 0 Å². The van der Waals surface area contributed by atoms with Gasteiger partial charge in [0.1, 0.15) is 11.5 Å². The molecule has 0 aliphatic heterocycles. The van der Waals surface area contributed by atoms with E-state index in [1.165, 1.54) is 7.11 Å². The first-order valence-electron chi connectivity index (χ1n) is 9.07. The van der Waals surface area contributed by atoms with Crippen LogP contribution in [0.4, 0.5) is 11.4 Å². The minimum Gasteiger partial charge on any atom is -0.494 e. The molecule has 0 aliphatic rings. The largest absolute Gasteiger partial charge is 0.494 e. The lowest BCUT2D eigenvalue weighted by atomic mass is 10.1. The summed E-state index contributed by atoms with van der Waals surface area (Å²) < 4.78 is 36.5. The van der Waals surface area contributed by atoms with Crippen molar-refractivity contribution in [3.05, 3.63) is 48.0 Å². The Labute approximate surface area is 166 Å². The Morgan fingerprint density at radius 1 is 1.07 bits per heavy atom. The van der Waals surface area contributed by atoms with Gasteiger partial charge in [-0.25, -0.2) is 8.42 Å². The van der Waals surface area contributed by atoms with Crippen LogP contribution in [-0.4, -0.2) is 33.8 Å². The summed E-state index contributed by atoms with van der Waals surface area (Å²) >= 11 is 0. The van der Waals surface area contributed by atoms with Crippen LogP contribution in [0.2, 0.25) is 0 Å². The van der Waals surface area contributed by atoms with Crippen molar-refractivity contribution in [2.45, 2.75) is 26.7 Å². The highest BCUT2D eigenvalue weighted by molar-refractivity contribution is 7.92. The average Bonchev–Trinajstić information content (AvgIpc) is 2.68. The van der Waals surface area contributed by atoms with Gasteiger partial charge >= 0.3 is 0 Å². The average molecular weight is 407 g/mol. The quantitative estimate of drug-likeness (QED) is 0.630. The minimum absolute atomic E-state index is 0.0415. The fourth-order valence-electron chi connectivity index (χ4n) is 2.49. The zero-order chi connectivity index (χ0) is 20.6. The van der Waals surface area contributed by atoms with Gasteiger partial charge in [-0.3, -0.25) is 9.52 Å². The van der Waals surface area contributed by atoms with E-state index in [1.54, 1.807) is 25.1 Å². The summed E-state index contributed by atoms with van der Waals surface area (Å²) in [6.45, 7) is 4.09. The molecular formula is C20H26N2O5S. The number of anilines is 2. The highest BCUT2D eigenvalue weighted by atomic mass is 32.2. The van der Waals surface area contributed by atoms with Crippen LogP contribution < -0.4 is 19.5 Å². The van der Waals surface area contributed by atoms with Gasteiger partial charge < -0.3 is 14.8 Å². The second-order valence-electron chi connectivity index (χ2n) is 6.05. The third kappa shape index (κ3) is 6.45. The van der Waals surface area contributed by atoms with Gasteiger partial charge in [0.25, 0.3) is 0 Å². The molecule has 28 heavy (non-hydrogen) atoms. The van der Waals surface area contributed by atoms with Crippen molar-refractivity contribution in [2.24, 2.45) is 0 Å². The highest BCUT2D eigenvalue weighted by Gasteiger charge is 2.12. The van der Waals surface area contributed by atoms with E-state index in [1.807, 2.05) is 31.2 Å². The Kier molecular flexibility index (Phi) is 7.69. The summed E-state index contributed by atoms with van der Waals surface area (Å²) in [5.41, 5.74) is 1.91. The number of hydrogen-bond acceptors (Lipinski definition) is 5. The molecule has 0 bridgehead atoms. The first-order chi connectivity index (χ1) is 13.4. The van der Waals surface area contributed by atoms with Crippen LogP contribution in [0.1, 0.15) is 25.8 Å². The summed E-state index contributed by atoms with van der Waals surface area (Å²) in [6, 6.07) is 12.4. The van der Waals surface area contributed by atoms with Crippen molar-refractivity contribution in [3.63, 3.8) is 0 Å². The predicted octanol–water partition coefficient (Wildman–Crippen LogP) is 3.43. The number of methoxy groups -OCH3 is 1. The lowest BCUT2D eigenvalue weighted by Gasteiger charge is -2.13. The zero-order valence-electron chi connectivity index (χ0n) is 16.3. The number of amides is 1. The molecule has 2 N–H and O–H groups in total. The standard InChI is InChI=1S/C20H26N2O5S/c1-4-27-17-10-6-15(7-11-17)8-13-20(23)21-16-9-12-18(19(14-16)26-3)22-28(24,25)5-2/h6-7,9-12,14,22H,4-5,8,13H2,1-3H3,(H,21,23). The summed E-state index contributed by atoms with van der Waals surface area (Å²) in [5.74, 6) is 0.959. The first-order valence-corrected chi connectivity index (χ1v) is 10.7. The summed E-state index contributed by atoms with van der Waals surface area (Å²) in [7, 11) is -1.97. The summed E-state index contributed by atoms with van der Waals surface area (Å²) in [6.07, 6.45) is 0.921. The van der Waals surface area contributed by atoms with Crippen LogP contribution in [0.25, 0.3) is 0 Å². The van der Waals surface area contributed by atoms with Crippen molar-refractivity contribution < 1.29 is 22.7 Å². The first kappa shape index (κ1) is 21.6. The molecule has 0 aromatic heterocycles. The van der Waals surface area contributed by atoms with E-state index in [4.69, 9.17) is 9.47 Å². The SMILES string of the molecule is CCOc1ccc(CCC(=O)Nc2ccc(NS(=O)(=O)CC)c(OC)c2)cc1. The molecule has 0 saturated heterocycles. The van der Waals surface area contributed by atoms with E-state index >= 15 is 0 Å². The van der Waals surface area contributed by atoms with Gasteiger partial charge in [0.2, 0.25) is 15.9 Å². The van der Waals surface area contributed by atoms with Crippen LogP contribution in [0.3, 0.4) is 0 Å². The maximum Gasteiger partial charge on any atom is 0.232 e. The Balaban J connectivity index is 1.95. The molecule has 0 aliphatic carbocycles. The normalized spacial score (nSPS) is 11.0. The molecule has 7 nitrogen and oxygen atoms in total. The highest BCUT2D eigenvalue weighted by Crippen LogP contribution is 2.29. The topological polar surface area (TPSA) is 93.7 Å². The smallest absolute Gasteiger partial charge is 0.232 e. The van der Waals surface area contributed by atoms with Crippen LogP contribution in [0.5, 0.6) is 11.5 Å². The molecule has 0 atom stereocenters. The Bertz CT molecular complexity index is 895. The number of rotatable bonds is 10. The third-order valence-electron chi connectivity index (χ3n) is 4.01. The van der Waals surface area contributed by atoms with Gasteiger partial charge in [-0.2, -0.15) is 0 Å². The Hall–Kier alpha value is -2.74. The maximum absolute atomic E-state index is 12.2. The number of carbonyl (C=O) groups excluding carboxylic acids is 1. The zero-order valence-corrected chi connectivity index (χ0v) is 17.1. The number of carbonyl (C=O) groups is 1. The number of sulfonamides is 1. The van der Waals surface area contributed by atoms with Crippen LogP contribution in [0, 0.1) is 0 Å². The number of nitrogens with one attached hydrogen (secondary N) is 2. The van der Waals surface area contributed by atoms with E-state index in [0.717, 1.165) is 11.3 Å². The number of ether oxygens (including phenoxy) is 2. The molecule has 8 heteroatoms. The molecular weight excluding hydrogens is 380 g/mol. The lowest BCUT2D eigenvalue weighted by Crippen LogP contribution is -2.16. The van der Waals surface area contributed by atoms with Crippen molar-refractivity contribution in [3.8, 4) is 11.5 Å². The van der Waals surface area contributed by atoms with Crippen molar-refractivity contribution in [1.82, 2.24) is 0 Å². The van der Waals surface area contributed by atoms with Crippen LogP contribution in [-0.2, 0) is 21.2 Å². The lowest BCUT2D eigenvalue weighted by molar-refractivity contribution is -0.116. The Morgan fingerprint density at radius 2 is 1.79 bits per heavy atom. The number of hydrogen-bond donors (Lipinski definition) is 2. The maximum atomic E-state index is 12.2. The van der Waals surface area contributed by atoms with Crippen LogP contribution in [0.15, 0.2) is 42.5 Å². The van der Waals surface area contributed by atoms with E-state index in [2.05, 4.69) is 10.0 Å². The third-order valence-corrected chi connectivity index (χ3v) is 5.30. The van der Waals surface area contributed by atoms with Crippen molar-refractivity contribution in [2.75, 3.05) is 29.5 Å². The molecule has 0 saturated carbocycles. The molecule has 0 heterocycles. The molecule has 0 fully saturated rings. The van der Waals surface area contributed by atoms with E-state index < -0.39 is 10.0 Å². The fourth-order valence-corrected chi connectivity index (χ4v) is 3.14. The molecule has 152 valence electrons. The number of benzene rings is 2. The molecule has 1 amide bonds. The van der Waals surface area contributed by atoms with Gasteiger partial charge in [0.05, 0.1) is 25.2 Å².